The Morgan fingerprint density at radius 1 is 0.467 bits per heavy atom. The number of allylic oxidation sites excluding steroid dienone is 2. The molecule has 0 aromatic carbocycles. The van der Waals surface area contributed by atoms with Gasteiger partial charge in [0.25, 0.3) is 0 Å². The Balaban J connectivity index is 0. The molecule has 180 valence electrons. The Kier molecular flexibility index (Phi) is 22.0. The summed E-state index contributed by atoms with van der Waals surface area (Å²) in [5.74, 6) is 0. The molecule has 0 aliphatic carbocycles. The van der Waals surface area contributed by atoms with Gasteiger partial charge in [-0.25, -0.2) is 0 Å². The highest BCUT2D eigenvalue weighted by Gasteiger charge is 2.28. The average Bonchev–Trinajstić information content (AvgIpc) is 2.64. The Hall–Kier alpha value is -1.02. The third-order valence-corrected chi connectivity index (χ3v) is 4.14. The van der Waals surface area contributed by atoms with Crippen molar-refractivity contribution in [3.05, 3.63) is 25.3 Å². The summed E-state index contributed by atoms with van der Waals surface area (Å²) in [7, 11) is 0. The molecule has 0 saturated heterocycles. The molecule has 0 fully saturated rings. The first-order valence-corrected chi connectivity index (χ1v) is 10.8. The molecule has 30 heavy (non-hydrogen) atoms. The quantitative estimate of drug-likeness (QED) is 0.118. The second kappa shape index (κ2) is 21.2. The van der Waals surface area contributed by atoms with Gasteiger partial charge in [0.1, 0.15) is 0 Å². The lowest BCUT2D eigenvalue weighted by Gasteiger charge is -2.06. The van der Waals surface area contributed by atoms with Crippen molar-refractivity contribution in [1.29, 1.82) is 0 Å². The average molecular weight is 449 g/mol. The molecular weight excluding hydrogens is 410 g/mol. The fraction of sp³-hybridized carbons (Fsp3) is 0.818. The zero-order valence-corrected chi connectivity index (χ0v) is 18.0. The molecule has 0 aliphatic rings. The zero-order valence-electron chi connectivity index (χ0n) is 18.0. The highest BCUT2D eigenvalue weighted by atomic mass is 19.4. The molecule has 0 rings (SSSR count). The number of unbranched alkanes of at least 4 members (excludes halogenated alkanes) is 12. The van der Waals surface area contributed by atoms with E-state index >= 15 is 0 Å². The van der Waals surface area contributed by atoms with E-state index in [0.29, 0.717) is 12.8 Å². The van der Waals surface area contributed by atoms with Crippen LogP contribution in [0.5, 0.6) is 0 Å². The summed E-state index contributed by atoms with van der Waals surface area (Å²) in [6.07, 6.45) is 8.13. The van der Waals surface area contributed by atoms with Crippen molar-refractivity contribution >= 4 is 0 Å². The van der Waals surface area contributed by atoms with Crippen LogP contribution in [0.25, 0.3) is 0 Å². The SMILES string of the molecule is C=CCCCCCCCCOC(F)(F)F.C=CCCCCCCCCOC(F)(F)F. The lowest BCUT2D eigenvalue weighted by atomic mass is 10.1. The second-order valence-corrected chi connectivity index (χ2v) is 6.99. The first-order valence-electron chi connectivity index (χ1n) is 10.8. The van der Waals surface area contributed by atoms with Gasteiger partial charge in [-0.1, -0.05) is 63.5 Å². The molecule has 0 atom stereocenters. The predicted octanol–water partition coefficient (Wildman–Crippen LogP) is 8.88. The summed E-state index contributed by atoms with van der Waals surface area (Å²) in [6, 6.07) is 0. The standard InChI is InChI=1S/2C11H19F3O/c2*1-2-3-4-5-6-7-8-9-10-15-11(12,13)14/h2*2H,1,3-10H2. The van der Waals surface area contributed by atoms with E-state index in [1.807, 2.05) is 12.2 Å². The molecule has 0 aliphatic heterocycles. The molecule has 0 heterocycles. The number of hydrogen-bond donors (Lipinski definition) is 0. The molecule has 0 saturated carbocycles. The number of hydrogen-bond acceptors (Lipinski definition) is 2. The number of halogens is 6. The zero-order chi connectivity index (χ0) is 23.1. The van der Waals surface area contributed by atoms with Crippen molar-refractivity contribution < 1.29 is 35.8 Å². The summed E-state index contributed by atoms with van der Waals surface area (Å²) >= 11 is 0. The van der Waals surface area contributed by atoms with Crippen LogP contribution in [0, 0.1) is 0 Å². The fourth-order valence-corrected chi connectivity index (χ4v) is 2.57. The van der Waals surface area contributed by atoms with Crippen molar-refractivity contribution in [2.75, 3.05) is 13.2 Å². The molecule has 0 aromatic rings. The van der Waals surface area contributed by atoms with Gasteiger partial charge < -0.3 is 0 Å². The third-order valence-electron chi connectivity index (χ3n) is 4.14. The van der Waals surface area contributed by atoms with Gasteiger partial charge in [0, 0.05) is 0 Å². The first kappa shape index (κ1) is 31.2. The summed E-state index contributed by atoms with van der Waals surface area (Å²) in [4.78, 5) is 0. The van der Waals surface area contributed by atoms with Crippen molar-refractivity contribution in [3.8, 4) is 0 Å². The maximum atomic E-state index is 11.5. The van der Waals surface area contributed by atoms with Crippen LogP contribution in [0.3, 0.4) is 0 Å². The Morgan fingerprint density at radius 3 is 1.00 bits per heavy atom. The van der Waals surface area contributed by atoms with Crippen LogP contribution >= 0.6 is 0 Å². The van der Waals surface area contributed by atoms with Crippen molar-refractivity contribution in [1.82, 2.24) is 0 Å². The van der Waals surface area contributed by atoms with Gasteiger partial charge in [0.15, 0.2) is 0 Å². The van der Waals surface area contributed by atoms with Crippen molar-refractivity contribution in [2.24, 2.45) is 0 Å². The van der Waals surface area contributed by atoms with E-state index in [9.17, 15) is 26.3 Å². The highest BCUT2D eigenvalue weighted by Crippen LogP contribution is 2.18. The minimum atomic E-state index is -4.47. The van der Waals surface area contributed by atoms with Crippen molar-refractivity contribution in [2.45, 2.75) is 103 Å². The number of ether oxygens (including phenoxy) is 2. The predicted molar refractivity (Wildman–Crippen MR) is 109 cm³/mol. The molecule has 8 heteroatoms. The largest absolute Gasteiger partial charge is 0.522 e. The lowest BCUT2D eigenvalue weighted by molar-refractivity contribution is -0.325. The van der Waals surface area contributed by atoms with Gasteiger partial charge in [0.05, 0.1) is 13.2 Å². The van der Waals surface area contributed by atoms with Gasteiger partial charge in [-0.05, 0) is 38.5 Å². The second-order valence-electron chi connectivity index (χ2n) is 6.99. The van der Waals surface area contributed by atoms with Crippen LogP contribution in [-0.4, -0.2) is 25.9 Å². The molecule has 0 bridgehead atoms. The maximum Gasteiger partial charge on any atom is 0.522 e. The molecule has 0 aromatic heterocycles. The number of alkyl halides is 6. The maximum absolute atomic E-state index is 11.5. The lowest BCUT2D eigenvalue weighted by Crippen LogP contribution is -2.13. The monoisotopic (exact) mass is 448 g/mol. The van der Waals surface area contributed by atoms with Crippen LogP contribution in [0.4, 0.5) is 26.3 Å². The van der Waals surface area contributed by atoms with Gasteiger partial charge in [0.2, 0.25) is 0 Å². The number of rotatable bonds is 18. The van der Waals surface area contributed by atoms with E-state index in [4.69, 9.17) is 0 Å². The minimum Gasteiger partial charge on any atom is -0.292 e. The van der Waals surface area contributed by atoms with Crippen LogP contribution in [-0.2, 0) is 9.47 Å². The normalized spacial score (nSPS) is 11.7. The van der Waals surface area contributed by atoms with E-state index in [1.54, 1.807) is 0 Å². The van der Waals surface area contributed by atoms with Gasteiger partial charge in [-0.15, -0.1) is 39.5 Å². The van der Waals surface area contributed by atoms with Gasteiger partial charge in [-0.2, -0.15) is 0 Å². The summed E-state index contributed by atoms with van der Waals surface area (Å²) in [5, 5.41) is 0. The molecule has 0 radical (unpaired) electrons. The van der Waals surface area contributed by atoms with Gasteiger partial charge in [-0.3, -0.25) is 9.47 Å². The topological polar surface area (TPSA) is 18.5 Å². The molecule has 2 nitrogen and oxygen atoms in total. The Labute approximate surface area is 177 Å². The molecule has 0 spiro atoms. The first-order chi connectivity index (χ1) is 14.1. The summed E-state index contributed by atoms with van der Waals surface area (Å²) in [6.45, 7) is 6.81. The molecular formula is C22H38F6O2. The van der Waals surface area contributed by atoms with Crippen molar-refractivity contribution in [3.63, 3.8) is 0 Å². The highest BCUT2D eigenvalue weighted by molar-refractivity contribution is 4.65. The fourth-order valence-electron chi connectivity index (χ4n) is 2.57. The van der Waals surface area contributed by atoms with Crippen LogP contribution < -0.4 is 0 Å². The van der Waals surface area contributed by atoms with Crippen LogP contribution in [0.1, 0.15) is 89.9 Å². The van der Waals surface area contributed by atoms with E-state index in [-0.39, 0.29) is 13.2 Å². The smallest absolute Gasteiger partial charge is 0.292 e. The Morgan fingerprint density at radius 2 is 0.733 bits per heavy atom. The third kappa shape index (κ3) is 34.5. The van der Waals surface area contributed by atoms with E-state index in [0.717, 1.165) is 77.0 Å². The summed E-state index contributed by atoms with van der Waals surface area (Å²) in [5.41, 5.74) is 0. The van der Waals surface area contributed by atoms with Crippen LogP contribution in [0.15, 0.2) is 25.3 Å². The van der Waals surface area contributed by atoms with Crippen LogP contribution in [0.2, 0.25) is 0 Å². The molecule has 0 N–H and O–H groups in total. The van der Waals surface area contributed by atoms with E-state index in [2.05, 4.69) is 22.6 Å². The minimum absolute atomic E-state index is 0.212. The molecule has 0 unspecified atom stereocenters. The van der Waals surface area contributed by atoms with E-state index < -0.39 is 12.7 Å². The summed E-state index contributed by atoms with van der Waals surface area (Å²) < 4.78 is 76.6. The Bertz CT molecular complexity index is 345. The van der Waals surface area contributed by atoms with Gasteiger partial charge >= 0.3 is 12.7 Å². The van der Waals surface area contributed by atoms with E-state index in [1.165, 1.54) is 0 Å². The molecule has 0 amide bonds.